The summed E-state index contributed by atoms with van der Waals surface area (Å²) in [5.41, 5.74) is 0.845. The third-order valence-electron chi connectivity index (χ3n) is 2.88. The lowest BCUT2D eigenvalue weighted by Crippen LogP contribution is -2.26. The molecule has 0 unspecified atom stereocenters. The quantitative estimate of drug-likeness (QED) is 0.824. The summed E-state index contributed by atoms with van der Waals surface area (Å²) in [7, 11) is -0.289. The van der Waals surface area contributed by atoms with Gasteiger partial charge in [0, 0.05) is 25.6 Å². The van der Waals surface area contributed by atoms with Crippen molar-refractivity contribution in [3.8, 4) is 0 Å². The lowest BCUT2D eigenvalue weighted by atomic mass is 10.2. The van der Waals surface area contributed by atoms with Gasteiger partial charge in [0.2, 0.25) is 10.0 Å². The molecule has 0 spiro atoms. The summed E-state index contributed by atoms with van der Waals surface area (Å²) in [6, 6.07) is 10.7. The molecule has 0 aliphatic carbocycles. The van der Waals surface area contributed by atoms with Crippen LogP contribution in [-0.2, 0) is 27.9 Å². The Morgan fingerprint density at radius 1 is 1.25 bits per heavy atom. The molecule has 0 saturated carbocycles. The number of hydrogen-bond donors (Lipinski definition) is 0. The van der Waals surface area contributed by atoms with Crippen molar-refractivity contribution in [3.63, 3.8) is 0 Å². The van der Waals surface area contributed by atoms with Crippen molar-refractivity contribution in [2.45, 2.75) is 18.0 Å². The Bertz CT molecular complexity index is 651. The Morgan fingerprint density at radius 3 is 2.70 bits per heavy atom. The predicted molar refractivity (Wildman–Crippen MR) is 80.1 cm³/mol. The summed E-state index contributed by atoms with van der Waals surface area (Å²) in [5, 5.41) is 1.94. The molecule has 0 fully saturated rings. The second kappa shape index (κ2) is 6.49. The largest absolute Gasteiger partial charge is 0.380 e. The second-order valence-electron chi connectivity index (χ2n) is 4.42. The third-order valence-corrected chi connectivity index (χ3v) is 5.54. The molecule has 1 aromatic carbocycles. The van der Waals surface area contributed by atoms with E-state index in [4.69, 9.17) is 4.74 Å². The average Bonchev–Trinajstić information content (AvgIpc) is 2.92. The van der Waals surface area contributed by atoms with Gasteiger partial charge in [-0.1, -0.05) is 18.2 Å². The third kappa shape index (κ3) is 3.46. The van der Waals surface area contributed by atoms with E-state index >= 15 is 0 Å². The molecule has 1 heterocycles. The van der Waals surface area contributed by atoms with Gasteiger partial charge in [-0.05, 0) is 29.1 Å². The zero-order chi connectivity index (χ0) is 14.6. The van der Waals surface area contributed by atoms with E-state index in [1.807, 2.05) is 23.6 Å². The first-order chi connectivity index (χ1) is 9.54. The zero-order valence-electron chi connectivity index (χ0n) is 11.4. The summed E-state index contributed by atoms with van der Waals surface area (Å²) in [4.78, 5) is 1.32. The Kier molecular flexibility index (Phi) is 4.93. The summed E-state index contributed by atoms with van der Waals surface area (Å²) in [5.74, 6) is 0. The highest BCUT2D eigenvalue weighted by molar-refractivity contribution is 7.89. The van der Waals surface area contributed by atoms with Gasteiger partial charge in [-0.2, -0.15) is 4.31 Å². The molecule has 4 nitrogen and oxygen atoms in total. The van der Waals surface area contributed by atoms with Crippen molar-refractivity contribution in [3.05, 3.63) is 52.2 Å². The molecule has 0 amide bonds. The lowest BCUT2D eigenvalue weighted by Gasteiger charge is -2.16. The van der Waals surface area contributed by atoms with Crippen LogP contribution in [0.3, 0.4) is 0 Å². The first-order valence-electron chi connectivity index (χ1n) is 6.10. The highest BCUT2D eigenvalue weighted by Crippen LogP contribution is 2.20. The van der Waals surface area contributed by atoms with Crippen LogP contribution in [0.5, 0.6) is 0 Å². The van der Waals surface area contributed by atoms with Gasteiger partial charge in [-0.25, -0.2) is 8.42 Å². The first kappa shape index (κ1) is 15.2. The molecule has 6 heteroatoms. The van der Waals surface area contributed by atoms with Crippen molar-refractivity contribution in [2.24, 2.45) is 0 Å². The minimum absolute atomic E-state index is 0.297. The van der Waals surface area contributed by atoms with E-state index in [9.17, 15) is 8.42 Å². The number of benzene rings is 1. The molecular weight excluding hydrogens is 294 g/mol. The molecule has 0 aliphatic heterocycles. The van der Waals surface area contributed by atoms with Gasteiger partial charge in [0.05, 0.1) is 11.5 Å². The summed E-state index contributed by atoms with van der Waals surface area (Å²) >= 11 is 1.55. The van der Waals surface area contributed by atoms with Crippen molar-refractivity contribution in [1.82, 2.24) is 4.31 Å². The molecule has 20 heavy (non-hydrogen) atoms. The molecule has 0 aliphatic rings. The maximum absolute atomic E-state index is 12.5. The SMILES string of the molecule is COCc1cccc(S(=O)(=O)N(C)Cc2cccs2)c1. The van der Waals surface area contributed by atoms with E-state index in [0.29, 0.717) is 18.0 Å². The number of nitrogens with zero attached hydrogens (tertiary/aromatic N) is 1. The van der Waals surface area contributed by atoms with Gasteiger partial charge < -0.3 is 4.74 Å². The Morgan fingerprint density at radius 2 is 2.05 bits per heavy atom. The molecule has 2 aromatic rings. The van der Waals surface area contributed by atoms with E-state index in [1.165, 1.54) is 4.31 Å². The van der Waals surface area contributed by atoms with Crippen LogP contribution < -0.4 is 0 Å². The van der Waals surface area contributed by atoms with Crippen LogP contribution in [0.1, 0.15) is 10.4 Å². The standard InChI is InChI=1S/C14H17NO3S2/c1-15(10-13-6-4-8-19-13)20(16,17)14-7-3-5-12(9-14)11-18-2/h3-9H,10-11H2,1-2H3. The topological polar surface area (TPSA) is 46.6 Å². The molecule has 1 aromatic heterocycles. The molecule has 0 N–H and O–H groups in total. The summed E-state index contributed by atoms with van der Waals surface area (Å²) in [6.07, 6.45) is 0. The zero-order valence-corrected chi connectivity index (χ0v) is 13.1. The number of hydrogen-bond acceptors (Lipinski definition) is 4. The van der Waals surface area contributed by atoms with Crippen molar-refractivity contribution in [1.29, 1.82) is 0 Å². The molecular formula is C14H17NO3S2. The highest BCUT2D eigenvalue weighted by Gasteiger charge is 2.21. The van der Waals surface area contributed by atoms with Crippen LogP contribution in [0.2, 0.25) is 0 Å². The molecule has 0 saturated heterocycles. The second-order valence-corrected chi connectivity index (χ2v) is 7.50. The highest BCUT2D eigenvalue weighted by atomic mass is 32.2. The summed E-state index contributed by atoms with van der Waals surface area (Å²) in [6.45, 7) is 0.784. The minimum Gasteiger partial charge on any atom is -0.380 e. The van der Waals surface area contributed by atoms with Crippen LogP contribution in [0.25, 0.3) is 0 Å². The first-order valence-corrected chi connectivity index (χ1v) is 8.42. The number of thiophene rings is 1. The van der Waals surface area contributed by atoms with E-state index in [0.717, 1.165) is 10.4 Å². The van der Waals surface area contributed by atoms with Gasteiger partial charge in [-0.15, -0.1) is 11.3 Å². The maximum Gasteiger partial charge on any atom is 0.243 e. The fourth-order valence-corrected chi connectivity index (χ4v) is 3.91. The predicted octanol–water partition coefficient (Wildman–Crippen LogP) is 2.72. The van der Waals surface area contributed by atoms with Gasteiger partial charge in [0.1, 0.15) is 0 Å². The fourth-order valence-electron chi connectivity index (χ4n) is 1.85. The number of sulfonamides is 1. The maximum atomic E-state index is 12.5. The van der Waals surface area contributed by atoms with Gasteiger partial charge in [0.15, 0.2) is 0 Å². The normalized spacial score (nSPS) is 11.9. The van der Waals surface area contributed by atoms with E-state index in [2.05, 4.69) is 0 Å². The number of methoxy groups -OCH3 is 1. The Balaban J connectivity index is 2.22. The van der Waals surface area contributed by atoms with E-state index in [1.54, 1.807) is 43.7 Å². The molecule has 2 rings (SSSR count). The summed E-state index contributed by atoms with van der Waals surface area (Å²) < 4.78 is 31.4. The van der Waals surface area contributed by atoms with Gasteiger partial charge in [0.25, 0.3) is 0 Å². The molecule has 0 bridgehead atoms. The number of rotatable bonds is 6. The van der Waals surface area contributed by atoms with Gasteiger partial charge >= 0.3 is 0 Å². The van der Waals surface area contributed by atoms with Crippen LogP contribution in [0, 0.1) is 0 Å². The van der Waals surface area contributed by atoms with Crippen molar-refractivity contribution < 1.29 is 13.2 Å². The monoisotopic (exact) mass is 311 g/mol. The minimum atomic E-state index is -3.47. The smallest absolute Gasteiger partial charge is 0.243 e. The van der Waals surface area contributed by atoms with E-state index in [-0.39, 0.29) is 0 Å². The fraction of sp³-hybridized carbons (Fsp3) is 0.286. The van der Waals surface area contributed by atoms with Crippen LogP contribution in [0.4, 0.5) is 0 Å². The van der Waals surface area contributed by atoms with Crippen LogP contribution in [-0.4, -0.2) is 26.9 Å². The molecule has 108 valence electrons. The molecule has 0 radical (unpaired) electrons. The average molecular weight is 311 g/mol. The van der Waals surface area contributed by atoms with Crippen molar-refractivity contribution >= 4 is 21.4 Å². The van der Waals surface area contributed by atoms with Crippen molar-refractivity contribution in [2.75, 3.05) is 14.2 Å². The Labute approximate surface area is 123 Å². The van der Waals surface area contributed by atoms with E-state index < -0.39 is 10.0 Å². The molecule has 0 atom stereocenters. The van der Waals surface area contributed by atoms with Gasteiger partial charge in [-0.3, -0.25) is 0 Å². The number of ether oxygens (including phenoxy) is 1. The van der Waals surface area contributed by atoms with Crippen LogP contribution >= 0.6 is 11.3 Å². The Hall–Kier alpha value is -1.21. The van der Waals surface area contributed by atoms with Crippen LogP contribution in [0.15, 0.2) is 46.7 Å². The lowest BCUT2D eigenvalue weighted by molar-refractivity contribution is 0.184.